The molecule has 6 nitrogen and oxygen atoms in total. The first kappa shape index (κ1) is 19.0. The van der Waals surface area contributed by atoms with Crippen LogP contribution in [0.25, 0.3) is 0 Å². The van der Waals surface area contributed by atoms with Crippen molar-refractivity contribution < 1.29 is 27.6 Å². The number of carbonyl (C=O) groups is 1. The summed E-state index contributed by atoms with van der Waals surface area (Å²) in [6, 6.07) is 7.24. The first-order valence-electron chi connectivity index (χ1n) is 7.80. The third-order valence-electron chi connectivity index (χ3n) is 4.04. The van der Waals surface area contributed by atoms with Gasteiger partial charge in [0.25, 0.3) is 11.6 Å². The summed E-state index contributed by atoms with van der Waals surface area (Å²) < 4.78 is 41.1. The van der Waals surface area contributed by atoms with Crippen molar-refractivity contribution in [1.82, 2.24) is 0 Å². The van der Waals surface area contributed by atoms with Crippen LogP contribution < -0.4 is 9.64 Å². The summed E-state index contributed by atoms with van der Waals surface area (Å²) in [6.45, 7) is 0.310. The highest BCUT2D eigenvalue weighted by molar-refractivity contribution is 6.34. The minimum atomic E-state index is -4.81. The molecule has 0 aromatic heterocycles. The fraction of sp³-hybridized carbons (Fsp3) is 0.235. The smallest absolute Gasteiger partial charge is 0.406 e. The number of benzene rings is 2. The van der Waals surface area contributed by atoms with E-state index in [1.54, 1.807) is 0 Å². The van der Waals surface area contributed by atoms with Crippen molar-refractivity contribution in [2.75, 3.05) is 11.4 Å². The lowest BCUT2D eigenvalue weighted by Crippen LogP contribution is -2.35. The maximum atomic E-state index is 12.9. The lowest BCUT2D eigenvalue weighted by atomic mass is 10.00. The molecule has 10 heteroatoms. The van der Waals surface area contributed by atoms with E-state index in [0.29, 0.717) is 30.6 Å². The van der Waals surface area contributed by atoms with E-state index in [0.717, 1.165) is 12.1 Å². The molecule has 0 spiro atoms. The molecular formula is C17H12ClF3N2O4. The van der Waals surface area contributed by atoms with Crippen LogP contribution in [0, 0.1) is 10.1 Å². The average molecular weight is 401 g/mol. The first-order chi connectivity index (χ1) is 12.7. The molecule has 0 unspecified atom stereocenters. The summed E-state index contributed by atoms with van der Waals surface area (Å²) in [6.07, 6.45) is -3.83. The predicted octanol–water partition coefficient (Wildman–Crippen LogP) is 4.74. The molecule has 1 aliphatic heterocycles. The number of hydrogen-bond acceptors (Lipinski definition) is 4. The van der Waals surface area contributed by atoms with Crippen LogP contribution in [0.3, 0.4) is 0 Å². The van der Waals surface area contributed by atoms with E-state index in [9.17, 15) is 28.1 Å². The number of aryl methyl sites for hydroxylation is 1. The van der Waals surface area contributed by atoms with Crippen LogP contribution in [0.1, 0.15) is 22.3 Å². The molecule has 0 N–H and O–H groups in total. The summed E-state index contributed by atoms with van der Waals surface area (Å²) in [5.41, 5.74) is 0.601. The number of carbonyl (C=O) groups excluding carboxylic acids is 1. The van der Waals surface area contributed by atoms with Gasteiger partial charge in [-0.15, -0.1) is 13.2 Å². The van der Waals surface area contributed by atoms with Crippen molar-refractivity contribution in [3.05, 3.63) is 62.7 Å². The monoisotopic (exact) mass is 400 g/mol. The van der Waals surface area contributed by atoms with E-state index >= 15 is 0 Å². The number of non-ortho nitro benzene ring substituents is 1. The second-order valence-electron chi connectivity index (χ2n) is 5.82. The van der Waals surface area contributed by atoms with Gasteiger partial charge in [-0.1, -0.05) is 11.6 Å². The van der Waals surface area contributed by atoms with Gasteiger partial charge in [0, 0.05) is 24.4 Å². The molecule has 0 radical (unpaired) electrons. The Bertz CT molecular complexity index is 918. The molecule has 0 atom stereocenters. The molecule has 27 heavy (non-hydrogen) atoms. The molecule has 3 rings (SSSR count). The third-order valence-corrected chi connectivity index (χ3v) is 4.37. The zero-order valence-corrected chi connectivity index (χ0v) is 14.4. The van der Waals surface area contributed by atoms with Gasteiger partial charge in [-0.05, 0) is 42.7 Å². The van der Waals surface area contributed by atoms with Crippen molar-refractivity contribution in [2.45, 2.75) is 19.2 Å². The van der Waals surface area contributed by atoms with Gasteiger partial charge >= 0.3 is 6.36 Å². The van der Waals surface area contributed by atoms with E-state index in [1.165, 1.54) is 29.2 Å². The number of nitro groups is 1. The second-order valence-corrected chi connectivity index (χ2v) is 6.23. The molecule has 2 aromatic carbocycles. The first-order valence-corrected chi connectivity index (χ1v) is 8.18. The molecule has 0 fully saturated rings. The highest BCUT2D eigenvalue weighted by Crippen LogP contribution is 2.34. The van der Waals surface area contributed by atoms with Gasteiger partial charge in [0.15, 0.2) is 0 Å². The van der Waals surface area contributed by atoms with Crippen LogP contribution in [0.2, 0.25) is 5.02 Å². The Labute approximate surface area is 156 Å². The molecule has 0 bridgehead atoms. The average Bonchev–Trinajstić information content (AvgIpc) is 2.59. The van der Waals surface area contributed by atoms with Crippen molar-refractivity contribution in [2.24, 2.45) is 0 Å². The molecule has 1 heterocycles. The van der Waals surface area contributed by atoms with Gasteiger partial charge in [-0.2, -0.15) is 0 Å². The van der Waals surface area contributed by atoms with Gasteiger partial charge in [0.05, 0.1) is 15.5 Å². The normalized spacial score (nSPS) is 13.9. The van der Waals surface area contributed by atoms with Crippen LogP contribution in [0.15, 0.2) is 36.4 Å². The van der Waals surface area contributed by atoms with Crippen molar-refractivity contribution in [3.63, 3.8) is 0 Å². The lowest BCUT2D eigenvalue weighted by Gasteiger charge is -2.30. The van der Waals surface area contributed by atoms with Gasteiger partial charge < -0.3 is 9.64 Å². The summed E-state index contributed by atoms with van der Waals surface area (Å²) in [5, 5.41) is 11.0. The number of hydrogen-bond donors (Lipinski definition) is 0. The number of anilines is 1. The molecule has 2 aromatic rings. The largest absolute Gasteiger partial charge is 0.573 e. The van der Waals surface area contributed by atoms with Gasteiger partial charge in [0.1, 0.15) is 5.75 Å². The summed E-state index contributed by atoms with van der Waals surface area (Å²) in [5.74, 6) is -0.932. The highest BCUT2D eigenvalue weighted by Gasteiger charge is 2.32. The van der Waals surface area contributed by atoms with E-state index in [-0.39, 0.29) is 22.0 Å². The minimum absolute atomic E-state index is 0.0469. The fourth-order valence-electron chi connectivity index (χ4n) is 2.92. The fourth-order valence-corrected chi connectivity index (χ4v) is 3.12. The molecule has 0 saturated carbocycles. The molecule has 0 saturated heterocycles. The predicted molar refractivity (Wildman–Crippen MR) is 91.2 cm³/mol. The number of rotatable bonds is 3. The van der Waals surface area contributed by atoms with Crippen LogP contribution in [0.5, 0.6) is 5.75 Å². The quantitative estimate of drug-likeness (QED) is 0.551. The van der Waals surface area contributed by atoms with E-state index in [4.69, 9.17) is 11.6 Å². The Kier molecular flexibility index (Phi) is 4.97. The number of ether oxygens (including phenoxy) is 1. The van der Waals surface area contributed by atoms with Crippen LogP contribution >= 0.6 is 11.6 Å². The summed E-state index contributed by atoms with van der Waals surface area (Å²) in [7, 11) is 0. The summed E-state index contributed by atoms with van der Waals surface area (Å²) >= 11 is 6.02. The van der Waals surface area contributed by atoms with E-state index in [1.807, 2.05) is 0 Å². The number of alkyl halides is 3. The SMILES string of the molecule is O=C(c1cc([N+](=O)[O-])ccc1Cl)N1CCCc2cc(OC(F)(F)F)ccc21. The standard InChI is InChI=1S/C17H12ClF3N2O4/c18-14-5-3-11(23(25)26)9-13(14)16(24)22-7-1-2-10-8-12(4-6-15(10)22)27-17(19,20)21/h3-6,8-9H,1-2,7H2. The zero-order valence-electron chi connectivity index (χ0n) is 13.6. The highest BCUT2D eigenvalue weighted by atomic mass is 35.5. The van der Waals surface area contributed by atoms with E-state index < -0.39 is 17.2 Å². The maximum absolute atomic E-state index is 12.9. The van der Waals surface area contributed by atoms with Gasteiger partial charge in [-0.3, -0.25) is 14.9 Å². The summed E-state index contributed by atoms with van der Waals surface area (Å²) in [4.78, 5) is 24.5. The number of fused-ring (bicyclic) bond motifs is 1. The minimum Gasteiger partial charge on any atom is -0.406 e. The van der Waals surface area contributed by atoms with Crippen LogP contribution in [0.4, 0.5) is 24.5 Å². The van der Waals surface area contributed by atoms with Gasteiger partial charge in [-0.25, -0.2) is 0 Å². The second kappa shape index (κ2) is 7.07. The Morgan fingerprint density at radius 1 is 1.22 bits per heavy atom. The van der Waals surface area contributed by atoms with Crippen molar-refractivity contribution >= 4 is 28.9 Å². The molecule has 0 aliphatic carbocycles. The Hall–Kier alpha value is -2.81. The van der Waals surface area contributed by atoms with Gasteiger partial charge in [0.2, 0.25) is 0 Å². The Morgan fingerprint density at radius 2 is 1.96 bits per heavy atom. The Morgan fingerprint density at radius 3 is 2.63 bits per heavy atom. The molecule has 142 valence electrons. The molecular weight excluding hydrogens is 389 g/mol. The van der Waals surface area contributed by atoms with Crippen LogP contribution in [-0.4, -0.2) is 23.7 Å². The number of halogens is 4. The zero-order chi connectivity index (χ0) is 19.8. The van der Waals surface area contributed by atoms with E-state index in [2.05, 4.69) is 4.74 Å². The number of nitrogens with zero attached hydrogens (tertiary/aromatic N) is 2. The van der Waals surface area contributed by atoms with Crippen molar-refractivity contribution in [1.29, 1.82) is 0 Å². The van der Waals surface area contributed by atoms with Crippen molar-refractivity contribution in [3.8, 4) is 5.75 Å². The molecule has 1 aliphatic rings. The Balaban J connectivity index is 1.95. The third kappa shape index (κ3) is 4.13. The maximum Gasteiger partial charge on any atom is 0.573 e. The van der Waals surface area contributed by atoms with Crippen LogP contribution in [-0.2, 0) is 6.42 Å². The lowest BCUT2D eigenvalue weighted by molar-refractivity contribution is -0.384. The number of amides is 1. The topological polar surface area (TPSA) is 72.7 Å². The number of nitro benzene ring substituents is 1. The molecule has 1 amide bonds.